The van der Waals surface area contributed by atoms with Crippen molar-refractivity contribution >= 4 is 51.8 Å². The van der Waals surface area contributed by atoms with Gasteiger partial charge in [0.2, 0.25) is 0 Å². The largest absolute Gasteiger partial charge is 0.493 e. The first-order valence-corrected chi connectivity index (χ1v) is 16.3. The number of hydrogen-bond acceptors (Lipinski definition) is 9. The zero-order chi connectivity index (χ0) is 33.0. The molecule has 0 aliphatic carbocycles. The van der Waals surface area contributed by atoms with Crippen LogP contribution in [0.1, 0.15) is 35.6 Å². The van der Waals surface area contributed by atoms with Gasteiger partial charge in [-0.1, -0.05) is 37.0 Å². The van der Waals surface area contributed by atoms with E-state index in [-0.39, 0.29) is 22.8 Å². The number of carbonyl (C=O) groups is 1. The maximum absolute atomic E-state index is 13.7. The molecule has 2 saturated heterocycles. The molecule has 46 heavy (non-hydrogen) atoms. The number of anilines is 2. The topological polar surface area (TPSA) is 91.0 Å². The average Bonchev–Trinajstić information content (AvgIpc) is 3.33. The van der Waals surface area contributed by atoms with Crippen LogP contribution in [0.15, 0.2) is 52.2 Å². The zero-order valence-corrected chi connectivity index (χ0v) is 28.0. The second kappa shape index (κ2) is 14.4. The number of aromatic nitrogens is 1. The summed E-state index contributed by atoms with van der Waals surface area (Å²) in [5, 5.41) is 9.99. The van der Waals surface area contributed by atoms with Crippen LogP contribution >= 0.6 is 24.0 Å². The van der Waals surface area contributed by atoms with E-state index in [1.54, 1.807) is 48.8 Å². The van der Waals surface area contributed by atoms with Crippen molar-refractivity contribution in [2.45, 2.75) is 33.2 Å². The highest BCUT2D eigenvalue weighted by atomic mass is 32.2. The Kier molecular flexibility index (Phi) is 10.3. The molecular weight excluding hydrogens is 626 g/mol. The van der Waals surface area contributed by atoms with Crippen LogP contribution in [0.25, 0.3) is 6.08 Å². The predicted molar refractivity (Wildman–Crippen MR) is 184 cm³/mol. The van der Waals surface area contributed by atoms with Crippen LogP contribution in [-0.2, 0) is 17.8 Å². The Morgan fingerprint density at radius 3 is 2.30 bits per heavy atom. The fourth-order valence-electron chi connectivity index (χ4n) is 5.85. The standard InChI is InChI=1S/C34H36FN5O4S2/c1-5-13-39-31(38-17-15-37(16-18-38)25-9-7-24(35)8-10-25)26(22(2)27(21-36)32(39)41)20-30-33(42)40(34(45)46-30)14-12-23-6-11-28(43-3)29(19-23)44-4/h6-11,19-20H,5,12-18H2,1-4H3/b30-20-. The van der Waals surface area contributed by atoms with Crippen molar-refractivity contribution in [3.63, 3.8) is 0 Å². The lowest BCUT2D eigenvalue weighted by atomic mass is 10.0. The van der Waals surface area contributed by atoms with Gasteiger partial charge in [0.05, 0.1) is 19.1 Å². The molecule has 240 valence electrons. The number of nitriles is 1. The highest BCUT2D eigenvalue weighted by Crippen LogP contribution is 2.37. The second-order valence-corrected chi connectivity index (χ2v) is 12.7. The van der Waals surface area contributed by atoms with Crippen LogP contribution in [0, 0.1) is 24.1 Å². The van der Waals surface area contributed by atoms with Gasteiger partial charge in [-0.05, 0) is 73.4 Å². The van der Waals surface area contributed by atoms with Gasteiger partial charge >= 0.3 is 0 Å². The second-order valence-electron chi connectivity index (χ2n) is 11.0. The lowest BCUT2D eigenvalue weighted by Gasteiger charge is -2.39. The predicted octanol–water partition coefficient (Wildman–Crippen LogP) is 5.37. The number of nitrogens with zero attached hydrogens (tertiary/aromatic N) is 5. The monoisotopic (exact) mass is 661 g/mol. The van der Waals surface area contributed by atoms with Crippen molar-refractivity contribution in [3.8, 4) is 17.6 Å². The van der Waals surface area contributed by atoms with Crippen LogP contribution in [-0.4, -0.2) is 66.6 Å². The molecule has 0 unspecified atom stereocenters. The fraction of sp³-hybridized carbons (Fsp3) is 0.353. The Morgan fingerprint density at radius 1 is 1.00 bits per heavy atom. The number of rotatable bonds is 10. The Hall–Kier alpha value is -4.34. The number of halogens is 1. The van der Waals surface area contributed by atoms with Crippen LogP contribution in [0.4, 0.5) is 15.9 Å². The number of amides is 1. The molecule has 0 bridgehead atoms. The Morgan fingerprint density at radius 2 is 1.67 bits per heavy atom. The lowest BCUT2D eigenvalue weighted by molar-refractivity contribution is -0.122. The smallest absolute Gasteiger partial charge is 0.270 e. The number of pyridine rings is 1. The number of ether oxygens (including phenoxy) is 2. The molecule has 0 saturated carbocycles. The minimum absolute atomic E-state index is 0.0670. The first kappa shape index (κ1) is 33.0. The van der Waals surface area contributed by atoms with Crippen LogP contribution in [0.3, 0.4) is 0 Å². The van der Waals surface area contributed by atoms with E-state index in [9.17, 15) is 19.2 Å². The number of methoxy groups -OCH3 is 2. The highest BCUT2D eigenvalue weighted by Gasteiger charge is 2.33. The molecule has 3 aromatic rings. The van der Waals surface area contributed by atoms with Crippen LogP contribution < -0.4 is 24.8 Å². The van der Waals surface area contributed by atoms with Gasteiger partial charge in [-0.3, -0.25) is 19.1 Å². The van der Waals surface area contributed by atoms with Crippen molar-refractivity contribution in [3.05, 3.63) is 85.8 Å². The fourth-order valence-corrected chi connectivity index (χ4v) is 7.14. The third kappa shape index (κ3) is 6.62. The van der Waals surface area contributed by atoms with E-state index in [1.807, 2.05) is 25.1 Å². The van der Waals surface area contributed by atoms with Gasteiger partial charge in [-0.15, -0.1) is 0 Å². The molecule has 12 heteroatoms. The van der Waals surface area contributed by atoms with E-state index < -0.39 is 0 Å². The minimum Gasteiger partial charge on any atom is -0.493 e. The zero-order valence-electron chi connectivity index (χ0n) is 26.3. The third-order valence-corrected chi connectivity index (χ3v) is 9.66. The van der Waals surface area contributed by atoms with Gasteiger partial charge in [0.15, 0.2) is 11.5 Å². The van der Waals surface area contributed by atoms with E-state index in [0.717, 1.165) is 11.3 Å². The molecule has 1 amide bonds. The van der Waals surface area contributed by atoms with Crippen LogP contribution in [0.5, 0.6) is 11.5 Å². The van der Waals surface area contributed by atoms with Gasteiger partial charge in [0, 0.05) is 50.5 Å². The van der Waals surface area contributed by atoms with E-state index in [2.05, 4.69) is 15.9 Å². The highest BCUT2D eigenvalue weighted by molar-refractivity contribution is 8.26. The van der Waals surface area contributed by atoms with Crippen molar-refractivity contribution < 1.29 is 18.7 Å². The van der Waals surface area contributed by atoms with E-state index in [1.165, 1.54) is 23.9 Å². The first-order chi connectivity index (χ1) is 22.2. The van der Waals surface area contributed by atoms with Crippen molar-refractivity contribution in [2.24, 2.45) is 0 Å². The normalized spacial score (nSPS) is 15.9. The van der Waals surface area contributed by atoms with E-state index in [4.69, 9.17) is 21.7 Å². The van der Waals surface area contributed by atoms with Crippen molar-refractivity contribution in [1.29, 1.82) is 5.26 Å². The Balaban J connectivity index is 1.46. The van der Waals surface area contributed by atoms with Crippen LogP contribution in [0.2, 0.25) is 0 Å². The molecule has 2 aromatic carbocycles. The molecule has 5 rings (SSSR count). The minimum atomic E-state index is -0.336. The molecule has 1 aromatic heterocycles. The molecule has 3 heterocycles. The molecule has 0 N–H and O–H groups in total. The summed E-state index contributed by atoms with van der Waals surface area (Å²) in [4.78, 5) is 33.7. The van der Waals surface area contributed by atoms with Gasteiger partial charge < -0.3 is 19.3 Å². The van der Waals surface area contributed by atoms with Crippen molar-refractivity contribution in [2.75, 3.05) is 56.7 Å². The summed E-state index contributed by atoms with van der Waals surface area (Å²) in [5.41, 5.74) is 2.83. The quantitative estimate of drug-likeness (QED) is 0.210. The lowest BCUT2D eigenvalue weighted by Crippen LogP contribution is -2.48. The molecule has 0 radical (unpaired) electrons. The average molecular weight is 662 g/mol. The molecule has 9 nitrogen and oxygen atoms in total. The van der Waals surface area contributed by atoms with Gasteiger partial charge in [0.25, 0.3) is 11.5 Å². The summed E-state index contributed by atoms with van der Waals surface area (Å²) < 4.78 is 26.4. The molecule has 2 fully saturated rings. The summed E-state index contributed by atoms with van der Waals surface area (Å²) in [5.74, 6) is 1.44. The van der Waals surface area contributed by atoms with Gasteiger partial charge in [0.1, 0.15) is 27.6 Å². The van der Waals surface area contributed by atoms with Gasteiger partial charge in [-0.2, -0.15) is 5.26 Å². The van der Waals surface area contributed by atoms with Gasteiger partial charge in [-0.25, -0.2) is 4.39 Å². The number of thiocarbonyl (C=S) groups is 1. The summed E-state index contributed by atoms with van der Waals surface area (Å²) in [6.45, 7) is 7.06. The summed E-state index contributed by atoms with van der Waals surface area (Å²) in [6, 6.07) is 14.2. The SMILES string of the molecule is CCCn1c(N2CCN(c3ccc(F)cc3)CC2)c(/C=C2\SC(=S)N(CCc3ccc(OC)c(OC)c3)C2=O)c(C)c(C#N)c1=O. The maximum Gasteiger partial charge on any atom is 0.270 e. The number of piperazine rings is 1. The molecule has 0 spiro atoms. The molecule has 2 aliphatic rings. The summed E-state index contributed by atoms with van der Waals surface area (Å²) in [7, 11) is 3.16. The van der Waals surface area contributed by atoms with Crippen molar-refractivity contribution in [1.82, 2.24) is 9.47 Å². The third-order valence-electron chi connectivity index (χ3n) is 8.29. The number of thioether (sulfide) groups is 1. The first-order valence-electron chi connectivity index (χ1n) is 15.1. The molecule has 2 aliphatic heterocycles. The number of hydrogen-bond donors (Lipinski definition) is 0. The number of carbonyl (C=O) groups excluding carboxylic acids is 1. The Bertz CT molecular complexity index is 1780. The molecule has 0 atom stereocenters. The summed E-state index contributed by atoms with van der Waals surface area (Å²) in [6.07, 6.45) is 3.04. The van der Waals surface area contributed by atoms with E-state index >= 15 is 0 Å². The maximum atomic E-state index is 13.7. The Labute approximate surface area is 277 Å². The molecular formula is C34H36FN5O4S2. The van der Waals surface area contributed by atoms with E-state index in [0.29, 0.717) is 89.8 Å². The summed E-state index contributed by atoms with van der Waals surface area (Å²) >= 11 is 6.87. The number of benzene rings is 2.